The molecule has 0 aliphatic heterocycles. The maximum atomic E-state index is 12.1. The topological polar surface area (TPSA) is 107 Å². The average molecular weight is 329 g/mol. The number of carbonyl (C=O) groups is 1. The van der Waals surface area contributed by atoms with E-state index in [0.29, 0.717) is 12.4 Å². The van der Waals surface area contributed by atoms with Crippen molar-refractivity contribution in [2.24, 2.45) is 0 Å². The normalized spacial score (nSPS) is 16.0. The Labute approximate surface area is 130 Å². The van der Waals surface area contributed by atoms with Crippen molar-refractivity contribution >= 4 is 15.7 Å². The third-order valence-corrected chi connectivity index (χ3v) is 5.15. The van der Waals surface area contributed by atoms with E-state index in [1.165, 1.54) is 4.68 Å². The van der Waals surface area contributed by atoms with Crippen LogP contribution in [0.15, 0.2) is 0 Å². The van der Waals surface area contributed by atoms with Gasteiger partial charge in [0, 0.05) is 12.6 Å². The molecule has 0 radical (unpaired) electrons. The summed E-state index contributed by atoms with van der Waals surface area (Å²) in [5.41, 5.74) is 0. The summed E-state index contributed by atoms with van der Waals surface area (Å²) < 4.78 is 25.8. The zero-order valence-corrected chi connectivity index (χ0v) is 13.7. The highest BCUT2D eigenvalue weighted by atomic mass is 32.2. The number of tetrazole rings is 1. The Bertz CT molecular complexity index is 593. The highest BCUT2D eigenvalue weighted by Gasteiger charge is 2.24. The molecular weight excluding hydrogens is 306 g/mol. The van der Waals surface area contributed by atoms with E-state index >= 15 is 0 Å². The van der Waals surface area contributed by atoms with Gasteiger partial charge in [-0.25, -0.2) is 13.1 Å². The maximum Gasteiger partial charge on any atom is 0.235 e. The summed E-state index contributed by atoms with van der Waals surface area (Å²) in [6.07, 6.45) is 5.88. The summed E-state index contributed by atoms with van der Waals surface area (Å²) in [4.78, 5) is 11.9. The van der Waals surface area contributed by atoms with Gasteiger partial charge in [-0.3, -0.25) is 4.79 Å². The van der Waals surface area contributed by atoms with Crippen molar-refractivity contribution in [3.63, 3.8) is 0 Å². The first-order valence-electron chi connectivity index (χ1n) is 7.75. The van der Waals surface area contributed by atoms with Gasteiger partial charge in [-0.05, 0) is 29.7 Å². The fourth-order valence-electron chi connectivity index (χ4n) is 2.60. The molecule has 0 aromatic carbocycles. The monoisotopic (exact) mass is 329 g/mol. The quantitative estimate of drug-likeness (QED) is 0.742. The number of amides is 1. The molecule has 1 amide bonds. The molecule has 8 nitrogen and oxygen atoms in total. The first kappa shape index (κ1) is 16.9. The summed E-state index contributed by atoms with van der Waals surface area (Å²) in [5, 5.41) is 13.9. The van der Waals surface area contributed by atoms with Crippen LogP contribution >= 0.6 is 0 Å². The predicted octanol–water partition coefficient (Wildman–Crippen LogP) is 0.447. The minimum absolute atomic E-state index is 0.123. The summed E-state index contributed by atoms with van der Waals surface area (Å²) in [5.74, 6) is -0.951. The molecule has 1 aliphatic rings. The lowest BCUT2D eigenvalue weighted by molar-refractivity contribution is -0.119. The van der Waals surface area contributed by atoms with Gasteiger partial charge < -0.3 is 5.32 Å². The first-order valence-corrected chi connectivity index (χ1v) is 9.57. The van der Waals surface area contributed by atoms with Crippen LogP contribution in [0.2, 0.25) is 0 Å². The van der Waals surface area contributed by atoms with E-state index in [1.54, 1.807) is 0 Å². The number of rotatable bonds is 8. The largest absolute Gasteiger partial charge is 0.352 e. The van der Waals surface area contributed by atoms with Crippen LogP contribution in [0.1, 0.15) is 51.3 Å². The molecule has 124 valence electrons. The number of carbonyl (C=O) groups excluding carboxylic acids is 1. The van der Waals surface area contributed by atoms with Crippen LogP contribution < -0.4 is 5.32 Å². The third kappa shape index (κ3) is 5.04. The molecule has 1 aromatic heterocycles. The minimum Gasteiger partial charge on any atom is -0.352 e. The van der Waals surface area contributed by atoms with Gasteiger partial charge in [-0.2, -0.15) is 0 Å². The van der Waals surface area contributed by atoms with Crippen LogP contribution in [0.5, 0.6) is 0 Å². The van der Waals surface area contributed by atoms with Gasteiger partial charge >= 0.3 is 0 Å². The van der Waals surface area contributed by atoms with E-state index in [0.717, 1.165) is 38.5 Å². The Kier molecular flexibility index (Phi) is 5.87. The number of nitrogens with one attached hydrogen (secondary N) is 1. The lowest BCUT2D eigenvalue weighted by atomic mass is 10.2. The van der Waals surface area contributed by atoms with Crippen LogP contribution in [0, 0.1) is 0 Å². The molecule has 1 fully saturated rings. The fourth-order valence-corrected chi connectivity index (χ4v) is 3.78. The molecule has 0 saturated heterocycles. The molecule has 1 heterocycles. The Hall–Kier alpha value is -1.51. The van der Waals surface area contributed by atoms with Gasteiger partial charge in [-0.15, -0.1) is 5.10 Å². The first-order chi connectivity index (χ1) is 10.5. The Morgan fingerprint density at radius 2 is 2.09 bits per heavy atom. The lowest BCUT2D eigenvalue weighted by Crippen LogP contribution is -2.37. The molecule has 9 heteroatoms. The molecule has 1 aromatic rings. The minimum atomic E-state index is -3.57. The van der Waals surface area contributed by atoms with E-state index in [-0.39, 0.29) is 11.8 Å². The van der Waals surface area contributed by atoms with Gasteiger partial charge in [0.25, 0.3) is 0 Å². The van der Waals surface area contributed by atoms with Gasteiger partial charge in [0.1, 0.15) is 11.5 Å². The number of hydrogen-bond acceptors (Lipinski definition) is 6. The predicted molar refractivity (Wildman–Crippen MR) is 80.6 cm³/mol. The number of unbranched alkanes of at least 4 members (excludes halogenated alkanes) is 1. The molecule has 0 atom stereocenters. The molecule has 1 saturated carbocycles. The van der Waals surface area contributed by atoms with Crippen molar-refractivity contribution in [3.05, 3.63) is 5.82 Å². The Balaban J connectivity index is 1.90. The zero-order chi connectivity index (χ0) is 16.0. The molecule has 0 spiro atoms. The molecular formula is C13H23N5O3S. The number of aryl methyl sites for hydroxylation is 1. The highest BCUT2D eigenvalue weighted by molar-refractivity contribution is 7.91. The van der Waals surface area contributed by atoms with E-state index in [2.05, 4.69) is 20.8 Å². The van der Waals surface area contributed by atoms with Crippen molar-refractivity contribution in [1.82, 2.24) is 25.5 Å². The molecule has 22 heavy (non-hydrogen) atoms. The van der Waals surface area contributed by atoms with E-state index < -0.39 is 21.5 Å². The summed E-state index contributed by atoms with van der Waals surface area (Å²) in [6, 6.07) is 0.123. The molecule has 0 unspecified atom stereocenters. The smallest absolute Gasteiger partial charge is 0.235 e. The van der Waals surface area contributed by atoms with Crippen molar-refractivity contribution in [2.75, 3.05) is 5.75 Å². The average Bonchev–Trinajstić information content (AvgIpc) is 3.07. The second kappa shape index (κ2) is 7.66. The van der Waals surface area contributed by atoms with Crippen LogP contribution in [-0.2, 0) is 26.9 Å². The standard InChI is InChI=1S/C13H23N5O3S/c1-2-3-8-18-12(15-16-17-18)9-22(20,21)10-13(19)14-11-6-4-5-7-11/h11H,2-10H2,1H3,(H,14,19). The van der Waals surface area contributed by atoms with Gasteiger partial charge in [0.05, 0.1) is 0 Å². The second-order valence-electron chi connectivity index (χ2n) is 5.75. The maximum absolute atomic E-state index is 12.1. The fraction of sp³-hybridized carbons (Fsp3) is 0.846. The van der Waals surface area contributed by atoms with Crippen molar-refractivity contribution in [3.8, 4) is 0 Å². The second-order valence-corrected chi connectivity index (χ2v) is 7.82. The zero-order valence-electron chi connectivity index (χ0n) is 12.9. The third-order valence-electron chi connectivity index (χ3n) is 3.75. The Morgan fingerprint density at radius 3 is 2.77 bits per heavy atom. The number of sulfone groups is 1. The van der Waals surface area contributed by atoms with E-state index in [1.807, 2.05) is 6.92 Å². The van der Waals surface area contributed by atoms with E-state index in [9.17, 15) is 13.2 Å². The summed E-state index contributed by atoms with van der Waals surface area (Å²) in [6.45, 7) is 2.62. The summed E-state index contributed by atoms with van der Waals surface area (Å²) >= 11 is 0. The lowest BCUT2D eigenvalue weighted by Gasteiger charge is -2.11. The SMILES string of the molecule is CCCCn1nnnc1CS(=O)(=O)CC(=O)NC1CCCC1. The van der Waals surface area contributed by atoms with Crippen LogP contribution in [0.25, 0.3) is 0 Å². The number of hydrogen-bond donors (Lipinski definition) is 1. The molecule has 2 rings (SSSR count). The van der Waals surface area contributed by atoms with Crippen LogP contribution in [-0.4, -0.2) is 46.3 Å². The van der Waals surface area contributed by atoms with Crippen molar-refractivity contribution < 1.29 is 13.2 Å². The molecule has 0 bridgehead atoms. The molecule has 1 aliphatic carbocycles. The van der Waals surface area contributed by atoms with Crippen LogP contribution in [0.3, 0.4) is 0 Å². The number of nitrogens with zero attached hydrogens (tertiary/aromatic N) is 4. The van der Waals surface area contributed by atoms with Gasteiger partial charge in [0.15, 0.2) is 15.7 Å². The number of aromatic nitrogens is 4. The summed E-state index contributed by atoms with van der Waals surface area (Å²) in [7, 11) is -3.57. The van der Waals surface area contributed by atoms with Gasteiger partial charge in [0.2, 0.25) is 5.91 Å². The molecule has 1 N–H and O–H groups in total. The highest BCUT2D eigenvalue weighted by Crippen LogP contribution is 2.17. The van der Waals surface area contributed by atoms with E-state index in [4.69, 9.17) is 0 Å². The van der Waals surface area contributed by atoms with Crippen molar-refractivity contribution in [2.45, 2.75) is 63.8 Å². The van der Waals surface area contributed by atoms with Crippen molar-refractivity contribution in [1.29, 1.82) is 0 Å². The van der Waals surface area contributed by atoms with Gasteiger partial charge in [-0.1, -0.05) is 26.2 Å². The van der Waals surface area contributed by atoms with Crippen LogP contribution in [0.4, 0.5) is 0 Å². The Morgan fingerprint density at radius 1 is 1.36 bits per heavy atom.